The highest BCUT2D eigenvalue weighted by Gasteiger charge is 2.00. The van der Waals surface area contributed by atoms with Gasteiger partial charge in [0.15, 0.2) is 0 Å². The lowest BCUT2D eigenvalue weighted by molar-refractivity contribution is 0.476. The van der Waals surface area contributed by atoms with Gasteiger partial charge in [0.2, 0.25) is 0 Å². The molecule has 92 valence electrons. The van der Waals surface area contributed by atoms with Crippen molar-refractivity contribution in [1.29, 1.82) is 0 Å². The quantitative estimate of drug-likeness (QED) is 0.733. The molecule has 0 aromatic heterocycles. The summed E-state index contributed by atoms with van der Waals surface area (Å²) >= 11 is 11.7. The zero-order chi connectivity index (χ0) is 13.1. The summed E-state index contributed by atoms with van der Waals surface area (Å²) in [5, 5.41) is 18.6. The van der Waals surface area contributed by atoms with Crippen LogP contribution in [0.3, 0.4) is 0 Å². The molecule has 0 atom stereocenters. The number of nitrogens with zero attached hydrogens (tertiary/aromatic N) is 2. The molecular weight excluding hydrogens is 271 g/mol. The topological polar surface area (TPSA) is 45.0 Å². The highest BCUT2D eigenvalue weighted by atomic mass is 35.5. The van der Waals surface area contributed by atoms with Gasteiger partial charge in [-0.15, -0.1) is 5.11 Å². The fraction of sp³-hybridized carbons (Fsp3) is 0.0769. The van der Waals surface area contributed by atoms with E-state index in [9.17, 15) is 5.11 Å². The van der Waals surface area contributed by atoms with Crippen LogP contribution >= 0.6 is 23.2 Å². The van der Waals surface area contributed by atoms with Crippen molar-refractivity contribution in [3.8, 4) is 5.75 Å². The number of rotatable bonds is 2. The van der Waals surface area contributed by atoms with Gasteiger partial charge in [-0.3, -0.25) is 0 Å². The Balaban J connectivity index is 2.32. The first-order valence-corrected chi connectivity index (χ1v) is 5.97. The Morgan fingerprint density at radius 2 is 1.61 bits per heavy atom. The number of benzene rings is 2. The Kier molecular flexibility index (Phi) is 3.84. The minimum Gasteiger partial charge on any atom is -0.506 e. The zero-order valence-corrected chi connectivity index (χ0v) is 11.1. The minimum absolute atomic E-state index is 0.0810. The van der Waals surface area contributed by atoms with Gasteiger partial charge >= 0.3 is 0 Å². The van der Waals surface area contributed by atoms with Gasteiger partial charge in [0.1, 0.15) is 11.4 Å². The Hall–Kier alpha value is -1.58. The summed E-state index contributed by atoms with van der Waals surface area (Å²) in [6.07, 6.45) is 0. The molecule has 1 N–H and O–H groups in total. The van der Waals surface area contributed by atoms with Crippen LogP contribution in [-0.4, -0.2) is 5.11 Å². The number of hydrogen-bond acceptors (Lipinski definition) is 3. The second-order valence-electron chi connectivity index (χ2n) is 3.82. The van der Waals surface area contributed by atoms with Crippen LogP contribution in [0.4, 0.5) is 11.4 Å². The molecule has 0 radical (unpaired) electrons. The molecule has 0 fully saturated rings. The van der Waals surface area contributed by atoms with E-state index in [-0.39, 0.29) is 5.75 Å². The van der Waals surface area contributed by atoms with E-state index < -0.39 is 0 Å². The van der Waals surface area contributed by atoms with Gasteiger partial charge in [0.25, 0.3) is 0 Å². The molecule has 0 bridgehead atoms. The molecular formula is C13H10Cl2N2O. The summed E-state index contributed by atoms with van der Waals surface area (Å²) in [4.78, 5) is 0. The Morgan fingerprint density at radius 1 is 0.944 bits per heavy atom. The van der Waals surface area contributed by atoms with Crippen molar-refractivity contribution in [3.63, 3.8) is 0 Å². The van der Waals surface area contributed by atoms with Gasteiger partial charge in [-0.05, 0) is 42.8 Å². The van der Waals surface area contributed by atoms with E-state index in [1.54, 1.807) is 36.4 Å². The first-order valence-electron chi connectivity index (χ1n) is 5.22. The predicted octanol–water partition coefficient (Wildman–Crippen LogP) is 5.42. The molecule has 0 saturated heterocycles. The van der Waals surface area contributed by atoms with Gasteiger partial charge in [-0.25, -0.2) is 0 Å². The molecule has 2 aromatic rings. The third-order valence-electron chi connectivity index (χ3n) is 2.25. The summed E-state index contributed by atoms with van der Waals surface area (Å²) in [6.45, 7) is 1.91. The molecule has 3 nitrogen and oxygen atoms in total. The Bertz CT molecular complexity index is 592. The van der Waals surface area contributed by atoms with Crippen LogP contribution in [0, 0.1) is 6.92 Å². The highest BCUT2D eigenvalue weighted by molar-refractivity contribution is 6.35. The van der Waals surface area contributed by atoms with Crippen molar-refractivity contribution in [1.82, 2.24) is 0 Å². The number of halogens is 2. The third kappa shape index (κ3) is 3.22. The summed E-state index contributed by atoms with van der Waals surface area (Å²) in [5.74, 6) is 0.0810. The lowest BCUT2D eigenvalue weighted by Crippen LogP contribution is -1.72. The van der Waals surface area contributed by atoms with Crippen LogP contribution < -0.4 is 0 Å². The maximum atomic E-state index is 9.62. The predicted molar refractivity (Wildman–Crippen MR) is 73.5 cm³/mol. The average Bonchev–Trinajstić information content (AvgIpc) is 2.29. The van der Waals surface area contributed by atoms with Gasteiger partial charge in [0.05, 0.1) is 5.69 Å². The maximum absolute atomic E-state index is 9.62. The van der Waals surface area contributed by atoms with E-state index in [4.69, 9.17) is 23.2 Å². The first-order chi connectivity index (χ1) is 8.54. The third-order valence-corrected chi connectivity index (χ3v) is 2.69. The standard InChI is InChI=1S/C13H10Cl2N2O/c1-8-2-3-13(18)12(4-8)17-16-11-6-9(14)5-10(15)7-11/h2-7,18H,1H3. The highest BCUT2D eigenvalue weighted by Crippen LogP contribution is 2.30. The summed E-state index contributed by atoms with van der Waals surface area (Å²) < 4.78 is 0. The largest absolute Gasteiger partial charge is 0.506 e. The van der Waals surface area contributed by atoms with Crippen LogP contribution in [0.5, 0.6) is 5.75 Å². The lowest BCUT2D eigenvalue weighted by atomic mass is 10.2. The van der Waals surface area contributed by atoms with E-state index in [0.29, 0.717) is 21.4 Å². The van der Waals surface area contributed by atoms with Crippen molar-refractivity contribution in [2.75, 3.05) is 0 Å². The second kappa shape index (κ2) is 5.38. The minimum atomic E-state index is 0.0810. The number of azo groups is 1. The zero-order valence-electron chi connectivity index (χ0n) is 9.56. The van der Waals surface area contributed by atoms with Gasteiger partial charge in [0, 0.05) is 10.0 Å². The number of phenolic OH excluding ortho intramolecular Hbond substituents is 1. The number of aromatic hydroxyl groups is 1. The molecule has 0 saturated carbocycles. The van der Waals surface area contributed by atoms with E-state index in [2.05, 4.69) is 10.2 Å². The lowest BCUT2D eigenvalue weighted by Gasteiger charge is -1.99. The van der Waals surface area contributed by atoms with Crippen LogP contribution in [0.15, 0.2) is 46.6 Å². The molecule has 2 aromatic carbocycles. The molecule has 0 spiro atoms. The van der Waals surface area contributed by atoms with Crippen LogP contribution in [-0.2, 0) is 0 Å². The fourth-order valence-electron chi connectivity index (χ4n) is 1.42. The Labute approximate surface area is 115 Å². The van der Waals surface area contributed by atoms with Crippen LogP contribution in [0.1, 0.15) is 5.56 Å². The number of aryl methyl sites for hydroxylation is 1. The summed E-state index contributed by atoms with van der Waals surface area (Å²) in [6, 6.07) is 10.0. The molecule has 2 rings (SSSR count). The smallest absolute Gasteiger partial charge is 0.143 e. The van der Waals surface area contributed by atoms with E-state index in [1.807, 2.05) is 6.92 Å². The SMILES string of the molecule is Cc1ccc(O)c(N=Nc2cc(Cl)cc(Cl)c2)c1. The van der Waals surface area contributed by atoms with Crippen molar-refractivity contribution in [2.45, 2.75) is 6.92 Å². The van der Waals surface area contributed by atoms with Crippen LogP contribution in [0.2, 0.25) is 10.0 Å². The summed E-state index contributed by atoms with van der Waals surface area (Å²) in [5.41, 5.74) is 1.94. The summed E-state index contributed by atoms with van der Waals surface area (Å²) in [7, 11) is 0. The molecule has 0 unspecified atom stereocenters. The van der Waals surface area contributed by atoms with Gasteiger partial charge in [-0.1, -0.05) is 29.3 Å². The first kappa shape index (κ1) is 12.9. The molecule has 0 aliphatic rings. The van der Waals surface area contributed by atoms with E-state index in [0.717, 1.165) is 5.56 Å². The van der Waals surface area contributed by atoms with Crippen LogP contribution in [0.25, 0.3) is 0 Å². The molecule has 0 aliphatic heterocycles. The van der Waals surface area contributed by atoms with Crippen molar-refractivity contribution < 1.29 is 5.11 Å². The average molecular weight is 281 g/mol. The molecule has 0 aliphatic carbocycles. The molecule has 0 amide bonds. The molecule has 0 heterocycles. The Morgan fingerprint density at radius 3 is 2.28 bits per heavy atom. The van der Waals surface area contributed by atoms with Crippen molar-refractivity contribution >= 4 is 34.6 Å². The number of phenols is 1. The molecule has 18 heavy (non-hydrogen) atoms. The van der Waals surface area contributed by atoms with Gasteiger partial charge < -0.3 is 5.11 Å². The molecule has 5 heteroatoms. The second-order valence-corrected chi connectivity index (χ2v) is 4.69. The van der Waals surface area contributed by atoms with E-state index in [1.165, 1.54) is 0 Å². The monoisotopic (exact) mass is 280 g/mol. The fourth-order valence-corrected chi connectivity index (χ4v) is 1.94. The van der Waals surface area contributed by atoms with Crippen molar-refractivity contribution in [3.05, 3.63) is 52.0 Å². The maximum Gasteiger partial charge on any atom is 0.143 e. The number of hydrogen-bond donors (Lipinski definition) is 1. The van der Waals surface area contributed by atoms with Crippen molar-refractivity contribution in [2.24, 2.45) is 10.2 Å². The normalized spacial score (nSPS) is 11.1. The van der Waals surface area contributed by atoms with E-state index >= 15 is 0 Å². The van der Waals surface area contributed by atoms with Gasteiger partial charge in [-0.2, -0.15) is 5.11 Å².